The average Bonchev–Trinajstić information content (AvgIpc) is 3.19. The van der Waals surface area contributed by atoms with Crippen LogP contribution in [-0.2, 0) is 11.2 Å². The highest BCUT2D eigenvalue weighted by Crippen LogP contribution is 2.37. The topological polar surface area (TPSA) is 95.9 Å². The van der Waals surface area contributed by atoms with Crippen LogP contribution < -0.4 is 4.90 Å². The molecule has 7 heteroatoms. The molecular weight excluding hydrogens is 366 g/mol. The predicted octanol–water partition coefficient (Wildman–Crippen LogP) is 4.22. The minimum absolute atomic E-state index is 0.246. The lowest BCUT2D eigenvalue weighted by Crippen LogP contribution is -2.34. The molecule has 0 atom stereocenters. The van der Waals surface area contributed by atoms with Gasteiger partial charge >= 0.3 is 0 Å². The number of carbonyl (C=O) groups is 1. The van der Waals surface area contributed by atoms with Gasteiger partial charge in [0.25, 0.3) is 5.89 Å². The Morgan fingerprint density at radius 3 is 2.52 bits per heavy atom. The highest BCUT2D eigenvalue weighted by atomic mass is 16.5. The lowest BCUT2D eigenvalue weighted by molar-refractivity contribution is -0.119. The average molecular weight is 391 g/mol. The highest BCUT2D eigenvalue weighted by Gasteiger charge is 2.27. The summed E-state index contributed by atoms with van der Waals surface area (Å²) in [7, 11) is 0. The van der Waals surface area contributed by atoms with Crippen LogP contribution in [0.1, 0.15) is 50.6 Å². The number of carbonyl (C=O) groups excluding carboxylic acids is 1. The van der Waals surface area contributed by atoms with E-state index in [0.717, 1.165) is 22.9 Å². The minimum Gasteiger partial charge on any atom is -0.355 e. The van der Waals surface area contributed by atoms with Crippen LogP contribution in [0, 0.1) is 18.3 Å². The quantitative estimate of drug-likeness (QED) is 0.659. The SMILES string of the molecule is CC.CCc1ccc2nc(N3CCC(=O)CC3)c(-c3nc(C)no3)c(C#N)c2c1. The summed E-state index contributed by atoms with van der Waals surface area (Å²) >= 11 is 0. The van der Waals surface area contributed by atoms with Crippen LogP contribution in [0.5, 0.6) is 0 Å². The maximum Gasteiger partial charge on any atom is 0.263 e. The number of aryl methyl sites for hydroxylation is 2. The Hall–Kier alpha value is -3.27. The van der Waals surface area contributed by atoms with Crippen LogP contribution in [0.15, 0.2) is 22.7 Å². The molecule has 3 heterocycles. The molecule has 1 fully saturated rings. The van der Waals surface area contributed by atoms with Crippen molar-refractivity contribution >= 4 is 22.5 Å². The molecule has 0 amide bonds. The van der Waals surface area contributed by atoms with Gasteiger partial charge in [-0.15, -0.1) is 0 Å². The van der Waals surface area contributed by atoms with Gasteiger partial charge in [0.1, 0.15) is 23.2 Å². The third-order valence-corrected chi connectivity index (χ3v) is 4.91. The Morgan fingerprint density at radius 1 is 1.21 bits per heavy atom. The van der Waals surface area contributed by atoms with Crippen molar-refractivity contribution in [3.05, 3.63) is 35.2 Å². The molecule has 2 aromatic heterocycles. The van der Waals surface area contributed by atoms with Gasteiger partial charge in [0.05, 0.1) is 11.1 Å². The Labute approximate surface area is 170 Å². The summed E-state index contributed by atoms with van der Waals surface area (Å²) in [6, 6.07) is 8.29. The number of hydrogen-bond acceptors (Lipinski definition) is 7. The number of pyridine rings is 1. The molecule has 0 spiro atoms. The monoisotopic (exact) mass is 391 g/mol. The number of rotatable bonds is 3. The van der Waals surface area contributed by atoms with E-state index in [2.05, 4.69) is 23.1 Å². The fourth-order valence-electron chi connectivity index (χ4n) is 3.43. The molecule has 0 bridgehead atoms. The third kappa shape index (κ3) is 3.97. The number of Topliss-reactive ketones (excluding diaryl/α,β-unsaturated/α-hetero) is 1. The van der Waals surface area contributed by atoms with Gasteiger partial charge in [0.15, 0.2) is 5.82 Å². The van der Waals surface area contributed by atoms with Crippen LogP contribution >= 0.6 is 0 Å². The number of fused-ring (bicyclic) bond motifs is 1. The molecule has 150 valence electrons. The van der Waals surface area contributed by atoms with Crippen molar-refractivity contribution in [1.82, 2.24) is 15.1 Å². The van der Waals surface area contributed by atoms with E-state index in [1.807, 2.05) is 36.9 Å². The van der Waals surface area contributed by atoms with Crippen LogP contribution in [-0.4, -0.2) is 34.0 Å². The molecule has 7 nitrogen and oxygen atoms in total. The number of benzene rings is 1. The van der Waals surface area contributed by atoms with E-state index in [1.165, 1.54) is 0 Å². The van der Waals surface area contributed by atoms with Gasteiger partial charge in [-0.05, 0) is 31.0 Å². The Balaban J connectivity index is 0.00000117. The standard InChI is InChI=1S/C20H19N5O2.C2H6/c1-3-13-4-5-17-15(10-13)16(11-21)18(20-22-12(2)24-27-20)19(23-17)25-8-6-14(26)7-9-25;1-2/h4-5,10H,3,6-9H2,1-2H3;1-2H3. The molecule has 1 aliphatic rings. The van der Waals surface area contributed by atoms with Crippen molar-refractivity contribution in [1.29, 1.82) is 5.26 Å². The largest absolute Gasteiger partial charge is 0.355 e. The number of hydrogen-bond donors (Lipinski definition) is 0. The lowest BCUT2D eigenvalue weighted by Gasteiger charge is -2.29. The number of nitriles is 1. The molecule has 0 aliphatic carbocycles. The molecule has 29 heavy (non-hydrogen) atoms. The van der Waals surface area contributed by atoms with Crippen LogP contribution in [0.25, 0.3) is 22.4 Å². The Morgan fingerprint density at radius 2 is 1.93 bits per heavy atom. The summed E-state index contributed by atoms with van der Waals surface area (Å²) < 4.78 is 5.41. The summed E-state index contributed by atoms with van der Waals surface area (Å²) in [5, 5.41) is 14.6. The second kappa shape index (κ2) is 8.82. The first-order valence-corrected chi connectivity index (χ1v) is 10.0. The van der Waals surface area contributed by atoms with Gasteiger partial charge in [-0.2, -0.15) is 10.2 Å². The summed E-state index contributed by atoms with van der Waals surface area (Å²) in [5.74, 6) is 1.65. The minimum atomic E-state index is 0.246. The lowest BCUT2D eigenvalue weighted by atomic mass is 9.99. The van der Waals surface area contributed by atoms with Crippen molar-refractivity contribution in [2.75, 3.05) is 18.0 Å². The molecule has 0 radical (unpaired) electrons. The Kier molecular flexibility index (Phi) is 6.23. The molecule has 1 saturated heterocycles. The number of piperidine rings is 1. The van der Waals surface area contributed by atoms with E-state index in [0.29, 0.717) is 48.7 Å². The van der Waals surface area contributed by atoms with Gasteiger partial charge < -0.3 is 9.42 Å². The summed E-state index contributed by atoms with van der Waals surface area (Å²) in [5.41, 5.74) is 2.90. The second-order valence-corrected chi connectivity index (χ2v) is 6.67. The number of ketones is 1. The summed E-state index contributed by atoms with van der Waals surface area (Å²) in [6.07, 6.45) is 1.81. The van der Waals surface area contributed by atoms with E-state index in [9.17, 15) is 10.1 Å². The van der Waals surface area contributed by atoms with E-state index >= 15 is 0 Å². The first-order valence-electron chi connectivity index (χ1n) is 10.0. The fourth-order valence-corrected chi connectivity index (χ4v) is 3.43. The summed E-state index contributed by atoms with van der Waals surface area (Å²) in [4.78, 5) is 22.9. The normalized spacial score (nSPS) is 13.8. The van der Waals surface area contributed by atoms with Crippen LogP contribution in [0.2, 0.25) is 0 Å². The molecule has 1 aliphatic heterocycles. The second-order valence-electron chi connectivity index (χ2n) is 6.67. The van der Waals surface area contributed by atoms with Gasteiger partial charge in [0, 0.05) is 31.3 Å². The maximum absolute atomic E-state index is 11.7. The molecular formula is C22H25N5O2. The first kappa shape index (κ1) is 20.5. The van der Waals surface area contributed by atoms with Crippen molar-refractivity contribution in [2.45, 2.75) is 47.0 Å². The zero-order valence-corrected chi connectivity index (χ0v) is 17.3. The van der Waals surface area contributed by atoms with Crippen molar-refractivity contribution in [3.8, 4) is 17.5 Å². The van der Waals surface area contributed by atoms with Gasteiger partial charge in [-0.1, -0.05) is 32.0 Å². The van der Waals surface area contributed by atoms with Crippen molar-refractivity contribution in [2.24, 2.45) is 0 Å². The molecule has 3 aromatic rings. The van der Waals surface area contributed by atoms with Gasteiger partial charge in [-0.25, -0.2) is 4.98 Å². The highest BCUT2D eigenvalue weighted by molar-refractivity contribution is 5.96. The first-order chi connectivity index (χ1) is 14.1. The number of nitrogens with zero attached hydrogens (tertiary/aromatic N) is 5. The van der Waals surface area contributed by atoms with Gasteiger partial charge in [-0.3, -0.25) is 4.79 Å². The maximum atomic E-state index is 11.7. The predicted molar refractivity (Wildman–Crippen MR) is 112 cm³/mol. The third-order valence-electron chi connectivity index (χ3n) is 4.91. The molecule has 0 N–H and O–H groups in total. The van der Waals surface area contributed by atoms with E-state index in [1.54, 1.807) is 6.92 Å². The number of aromatic nitrogens is 3. The van der Waals surface area contributed by atoms with E-state index < -0.39 is 0 Å². The van der Waals surface area contributed by atoms with Crippen molar-refractivity contribution < 1.29 is 9.32 Å². The van der Waals surface area contributed by atoms with E-state index in [-0.39, 0.29) is 11.7 Å². The van der Waals surface area contributed by atoms with E-state index in [4.69, 9.17) is 9.51 Å². The smallest absolute Gasteiger partial charge is 0.263 e. The fraction of sp³-hybridized carbons (Fsp3) is 0.409. The zero-order chi connectivity index (χ0) is 21.0. The molecule has 0 unspecified atom stereocenters. The van der Waals surface area contributed by atoms with Crippen molar-refractivity contribution in [3.63, 3.8) is 0 Å². The molecule has 0 saturated carbocycles. The van der Waals surface area contributed by atoms with Crippen LogP contribution in [0.4, 0.5) is 5.82 Å². The van der Waals surface area contributed by atoms with Crippen LogP contribution in [0.3, 0.4) is 0 Å². The Bertz CT molecular complexity index is 1070. The molecule has 4 rings (SSSR count). The van der Waals surface area contributed by atoms with Gasteiger partial charge in [0.2, 0.25) is 0 Å². The molecule has 1 aromatic carbocycles. The summed E-state index contributed by atoms with van der Waals surface area (Å²) in [6.45, 7) is 8.94. The zero-order valence-electron chi connectivity index (χ0n) is 17.3. The number of anilines is 1.